The normalized spacial score (nSPS) is 25.4. The molecule has 1 N–H and O–H groups in total. The number of carbonyl (C=O) groups is 2. The van der Waals surface area contributed by atoms with Gasteiger partial charge in [-0.2, -0.15) is 0 Å². The van der Waals surface area contributed by atoms with Crippen molar-refractivity contribution in [3.63, 3.8) is 0 Å². The number of aliphatic carboxylic acids is 1. The van der Waals surface area contributed by atoms with Gasteiger partial charge in [0.1, 0.15) is 0 Å². The molecule has 0 aromatic heterocycles. The van der Waals surface area contributed by atoms with Crippen LogP contribution in [0.5, 0.6) is 0 Å². The summed E-state index contributed by atoms with van der Waals surface area (Å²) in [6, 6.07) is 7.30. The predicted octanol–water partition coefficient (Wildman–Crippen LogP) is 3.22. The number of benzene rings is 1. The molecule has 20 heavy (non-hydrogen) atoms. The van der Waals surface area contributed by atoms with Gasteiger partial charge in [-0.1, -0.05) is 19.1 Å². The van der Waals surface area contributed by atoms with Crippen LogP contribution in [-0.4, -0.2) is 24.2 Å². The minimum Gasteiger partial charge on any atom is -0.481 e. The summed E-state index contributed by atoms with van der Waals surface area (Å²) in [6.07, 6.45) is 2.95. The Balaban J connectivity index is 2.14. The zero-order chi connectivity index (χ0) is 14.8. The Kier molecular flexibility index (Phi) is 4.12. The number of hydrogen-bond donors (Lipinski definition) is 1. The molecule has 1 aromatic rings. The Labute approximate surface area is 118 Å². The molecule has 0 spiro atoms. The second kappa shape index (κ2) is 5.65. The molecule has 0 bridgehead atoms. The lowest BCUT2D eigenvalue weighted by atomic mass is 9.82. The molecule has 0 amide bonds. The standard InChI is InChI=1S/C16H20O4/c1-3-16(15(18)19)9-8-13(10-16)11-4-6-12(7-5-11)14(17)20-2/h4-7,13H,3,8-10H2,1-2H3,(H,18,19). The van der Waals surface area contributed by atoms with Gasteiger partial charge in [0.2, 0.25) is 0 Å². The van der Waals surface area contributed by atoms with E-state index < -0.39 is 11.4 Å². The Morgan fingerprint density at radius 1 is 1.35 bits per heavy atom. The average Bonchev–Trinajstić information content (AvgIpc) is 2.92. The van der Waals surface area contributed by atoms with Crippen LogP contribution in [-0.2, 0) is 9.53 Å². The van der Waals surface area contributed by atoms with Crippen molar-refractivity contribution in [1.82, 2.24) is 0 Å². The van der Waals surface area contributed by atoms with Crippen LogP contribution >= 0.6 is 0 Å². The highest BCUT2D eigenvalue weighted by Gasteiger charge is 2.44. The third-order valence-corrected chi connectivity index (χ3v) is 4.54. The van der Waals surface area contributed by atoms with Crippen LogP contribution in [0.15, 0.2) is 24.3 Å². The topological polar surface area (TPSA) is 63.6 Å². The van der Waals surface area contributed by atoms with Gasteiger partial charge in [-0.05, 0) is 49.3 Å². The summed E-state index contributed by atoms with van der Waals surface area (Å²) >= 11 is 0. The number of carboxylic acids is 1. The molecule has 4 heteroatoms. The lowest BCUT2D eigenvalue weighted by Crippen LogP contribution is -2.27. The molecule has 1 saturated carbocycles. The van der Waals surface area contributed by atoms with Gasteiger partial charge in [0, 0.05) is 0 Å². The van der Waals surface area contributed by atoms with Gasteiger partial charge in [-0.3, -0.25) is 4.79 Å². The van der Waals surface area contributed by atoms with Gasteiger partial charge in [-0.25, -0.2) is 4.79 Å². The van der Waals surface area contributed by atoms with Crippen LogP contribution < -0.4 is 0 Å². The van der Waals surface area contributed by atoms with Gasteiger partial charge in [-0.15, -0.1) is 0 Å². The van der Waals surface area contributed by atoms with Crippen molar-refractivity contribution < 1.29 is 19.4 Å². The van der Waals surface area contributed by atoms with Gasteiger partial charge in [0.15, 0.2) is 0 Å². The molecule has 0 aliphatic heterocycles. The van der Waals surface area contributed by atoms with E-state index in [0.29, 0.717) is 18.4 Å². The summed E-state index contributed by atoms with van der Waals surface area (Å²) in [5.41, 5.74) is 1.05. The molecule has 2 rings (SSSR count). The Morgan fingerprint density at radius 3 is 2.45 bits per heavy atom. The number of hydrogen-bond acceptors (Lipinski definition) is 3. The van der Waals surface area contributed by atoms with Gasteiger partial charge < -0.3 is 9.84 Å². The average molecular weight is 276 g/mol. The monoisotopic (exact) mass is 276 g/mol. The van der Waals surface area contributed by atoms with Crippen molar-refractivity contribution in [2.45, 2.75) is 38.5 Å². The molecule has 1 aliphatic carbocycles. The molecule has 1 aliphatic rings. The quantitative estimate of drug-likeness (QED) is 0.858. The van der Waals surface area contributed by atoms with Crippen LogP contribution in [0, 0.1) is 5.41 Å². The smallest absolute Gasteiger partial charge is 0.337 e. The summed E-state index contributed by atoms with van der Waals surface area (Å²) in [4.78, 5) is 22.8. The van der Waals surface area contributed by atoms with Crippen molar-refractivity contribution in [2.24, 2.45) is 5.41 Å². The van der Waals surface area contributed by atoms with Crippen LogP contribution in [0.4, 0.5) is 0 Å². The van der Waals surface area contributed by atoms with E-state index in [1.54, 1.807) is 12.1 Å². The number of ether oxygens (including phenoxy) is 1. The lowest BCUT2D eigenvalue weighted by Gasteiger charge is -2.22. The van der Waals surface area contributed by atoms with Crippen molar-refractivity contribution >= 4 is 11.9 Å². The first-order chi connectivity index (χ1) is 9.52. The fourth-order valence-corrected chi connectivity index (χ4v) is 3.09. The van der Waals surface area contributed by atoms with Gasteiger partial charge in [0.25, 0.3) is 0 Å². The molecular formula is C16H20O4. The molecule has 1 fully saturated rings. The molecule has 2 atom stereocenters. The van der Waals surface area contributed by atoms with Crippen molar-refractivity contribution in [1.29, 1.82) is 0 Å². The highest BCUT2D eigenvalue weighted by atomic mass is 16.5. The maximum absolute atomic E-state index is 11.5. The number of carboxylic acid groups (broad SMARTS) is 1. The van der Waals surface area contributed by atoms with E-state index in [9.17, 15) is 14.7 Å². The third-order valence-electron chi connectivity index (χ3n) is 4.54. The summed E-state index contributed by atoms with van der Waals surface area (Å²) in [7, 11) is 1.36. The van der Waals surface area contributed by atoms with Crippen LogP contribution in [0.25, 0.3) is 0 Å². The minimum absolute atomic E-state index is 0.262. The number of methoxy groups -OCH3 is 1. The van der Waals surface area contributed by atoms with E-state index in [2.05, 4.69) is 4.74 Å². The third kappa shape index (κ3) is 2.55. The first kappa shape index (κ1) is 14.6. The van der Waals surface area contributed by atoms with Crippen LogP contribution in [0.1, 0.15) is 54.4 Å². The number of rotatable bonds is 4. The minimum atomic E-state index is -0.686. The Hall–Kier alpha value is -1.84. The molecule has 0 saturated heterocycles. The van der Waals surface area contributed by atoms with Crippen molar-refractivity contribution in [3.05, 3.63) is 35.4 Å². The van der Waals surface area contributed by atoms with E-state index in [1.165, 1.54) is 7.11 Å². The van der Waals surface area contributed by atoms with Crippen molar-refractivity contribution in [2.75, 3.05) is 7.11 Å². The first-order valence-electron chi connectivity index (χ1n) is 6.94. The second-order valence-corrected chi connectivity index (χ2v) is 5.49. The van der Waals surface area contributed by atoms with Gasteiger partial charge in [0.05, 0.1) is 18.1 Å². The molecule has 0 radical (unpaired) electrons. The van der Waals surface area contributed by atoms with Crippen LogP contribution in [0.3, 0.4) is 0 Å². The summed E-state index contributed by atoms with van der Waals surface area (Å²) in [5.74, 6) is -0.775. The molecule has 4 nitrogen and oxygen atoms in total. The van der Waals surface area contributed by atoms with E-state index in [4.69, 9.17) is 0 Å². The van der Waals surface area contributed by atoms with Crippen molar-refractivity contribution in [3.8, 4) is 0 Å². The molecule has 0 heterocycles. The fourth-order valence-electron chi connectivity index (χ4n) is 3.09. The maximum Gasteiger partial charge on any atom is 0.337 e. The van der Waals surface area contributed by atoms with Gasteiger partial charge >= 0.3 is 11.9 Å². The van der Waals surface area contributed by atoms with E-state index in [1.807, 2.05) is 19.1 Å². The van der Waals surface area contributed by atoms with E-state index >= 15 is 0 Å². The maximum atomic E-state index is 11.5. The largest absolute Gasteiger partial charge is 0.481 e. The van der Waals surface area contributed by atoms with E-state index in [0.717, 1.165) is 18.4 Å². The summed E-state index contributed by atoms with van der Waals surface area (Å²) in [5, 5.41) is 9.42. The Morgan fingerprint density at radius 2 is 2.00 bits per heavy atom. The number of carbonyl (C=O) groups excluding carboxylic acids is 1. The lowest BCUT2D eigenvalue weighted by molar-refractivity contribution is -0.148. The first-order valence-corrected chi connectivity index (χ1v) is 6.94. The fraction of sp³-hybridized carbons (Fsp3) is 0.500. The Bertz CT molecular complexity index is 506. The molecular weight excluding hydrogens is 256 g/mol. The summed E-state index contributed by atoms with van der Waals surface area (Å²) < 4.78 is 4.67. The highest BCUT2D eigenvalue weighted by Crippen LogP contribution is 2.48. The zero-order valence-corrected chi connectivity index (χ0v) is 11.9. The summed E-state index contributed by atoms with van der Waals surface area (Å²) in [6.45, 7) is 1.94. The molecule has 1 aromatic carbocycles. The zero-order valence-electron chi connectivity index (χ0n) is 11.9. The number of esters is 1. The molecule has 2 unspecified atom stereocenters. The highest BCUT2D eigenvalue weighted by molar-refractivity contribution is 5.89. The molecule has 108 valence electrons. The SMILES string of the molecule is CCC1(C(=O)O)CCC(c2ccc(C(=O)OC)cc2)C1. The second-order valence-electron chi connectivity index (χ2n) is 5.49. The van der Waals surface area contributed by atoms with E-state index in [-0.39, 0.29) is 11.9 Å². The van der Waals surface area contributed by atoms with Crippen LogP contribution in [0.2, 0.25) is 0 Å². The predicted molar refractivity (Wildman–Crippen MR) is 74.7 cm³/mol.